The lowest BCUT2D eigenvalue weighted by Crippen LogP contribution is -2.19. The summed E-state index contributed by atoms with van der Waals surface area (Å²) in [5, 5.41) is 20.6. The topological polar surface area (TPSA) is 90.4 Å². The summed E-state index contributed by atoms with van der Waals surface area (Å²) in [4.78, 5) is 12.3. The van der Waals surface area contributed by atoms with Crippen molar-refractivity contribution in [3.63, 3.8) is 0 Å². The molecule has 0 fully saturated rings. The maximum absolute atomic E-state index is 12.3. The van der Waals surface area contributed by atoms with E-state index < -0.39 is 0 Å². The van der Waals surface area contributed by atoms with Crippen LogP contribution in [0.5, 0.6) is 5.75 Å². The van der Waals surface area contributed by atoms with E-state index in [0.717, 1.165) is 17.5 Å². The zero-order valence-corrected chi connectivity index (χ0v) is 16.2. The second-order valence-electron chi connectivity index (χ2n) is 7.15. The van der Waals surface area contributed by atoms with Crippen LogP contribution in [0.1, 0.15) is 42.4 Å². The standard InChI is InChI=1S/C22H24N4O2/c1-14(2)11-16-7-9-17(10-8-16)20-13-21(25-24-20)22(28)26-23-15(3)18-5-4-6-19(27)12-18/h4-10,12-14,27H,11H2,1-3H3,(H,24,25)(H,26,28)/b23-15+. The predicted octanol–water partition coefficient (Wildman–Crippen LogP) is 4.13. The molecule has 144 valence electrons. The number of nitrogens with one attached hydrogen (secondary N) is 2. The fourth-order valence-electron chi connectivity index (χ4n) is 2.86. The van der Waals surface area contributed by atoms with Crippen LogP contribution >= 0.6 is 0 Å². The Balaban J connectivity index is 1.67. The molecule has 0 spiro atoms. The monoisotopic (exact) mass is 376 g/mol. The Morgan fingerprint density at radius 3 is 2.61 bits per heavy atom. The molecule has 0 aliphatic carbocycles. The van der Waals surface area contributed by atoms with Crippen molar-refractivity contribution in [3.05, 3.63) is 71.4 Å². The third-order valence-electron chi connectivity index (χ3n) is 4.31. The van der Waals surface area contributed by atoms with Crippen molar-refractivity contribution in [1.82, 2.24) is 15.6 Å². The van der Waals surface area contributed by atoms with Gasteiger partial charge in [0.15, 0.2) is 0 Å². The van der Waals surface area contributed by atoms with E-state index in [4.69, 9.17) is 0 Å². The summed E-state index contributed by atoms with van der Waals surface area (Å²) in [6.07, 6.45) is 1.03. The number of nitrogens with zero attached hydrogens (tertiary/aromatic N) is 2. The van der Waals surface area contributed by atoms with Crippen LogP contribution in [0.25, 0.3) is 11.3 Å². The van der Waals surface area contributed by atoms with Crippen LogP contribution in [-0.2, 0) is 6.42 Å². The number of aromatic nitrogens is 2. The van der Waals surface area contributed by atoms with Crippen molar-refractivity contribution >= 4 is 11.6 Å². The van der Waals surface area contributed by atoms with Gasteiger partial charge in [-0.25, -0.2) is 5.43 Å². The molecule has 0 atom stereocenters. The van der Waals surface area contributed by atoms with E-state index >= 15 is 0 Å². The molecule has 6 heteroatoms. The molecule has 0 saturated heterocycles. The van der Waals surface area contributed by atoms with Gasteiger partial charge < -0.3 is 5.11 Å². The largest absolute Gasteiger partial charge is 0.508 e. The van der Waals surface area contributed by atoms with Crippen LogP contribution < -0.4 is 5.43 Å². The number of aromatic amines is 1. The smallest absolute Gasteiger partial charge is 0.289 e. The number of hydrogen-bond acceptors (Lipinski definition) is 4. The summed E-state index contributed by atoms with van der Waals surface area (Å²) < 4.78 is 0. The number of hydrazone groups is 1. The molecular formula is C22H24N4O2. The van der Waals surface area contributed by atoms with E-state index in [0.29, 0.717) is 23.0 Å². The molecule has 0 aliphatic rings. The molecule has 0 aliphatic heterocycles. The van der Waals surface area contributed by atoms with E-state index in [-0.39, 0.29) is 11.7 Å². The first-order valence-electron chi connectivity index (χ1n) is 9.21. The number of benzene rings is 2. The Kier molecular flexibility index (Phi) is 5.89. The van der Waals surface area contributed by atoms with Crippen molar-refractivity contribution in [2.75, 3.05) is 0 Å². The van der Waals surface area contributed by atoms with Crippen molar-refractivity contribution in [2.24, 2.45) is 11.0 Å². The highest BCUT2D eigenvalue weighted by Crippen LogP contribution is 2.19. The third kappa shape index (κ3) is 4.85. The molecule has 1 aromatic heterocycles. The Morgan fingerprint density at radius 2 is 1.93 bits per heavy atom. The number of carbonyl (C=O) groups excluding carboxylic acids is 1. The lowest BCUT2D eigenvalue weighted by molar-refractivity contribution is 0.0950. The van der Waals surface area contributed by atoms with Crippen LogP contribution in [0.3, 0.4) is 0 Å². The Bertz CT molecular complexity index is 988. The van der Waals surface area contributed by atoms with Crippen molar-refractivity contribution in [1.29, 1.82) is 0 Å². The highest BCUT2D eigenvalue weighted by molar-refractivity contribution is 6.00. The fraction of sp³-hybridized carbons (Fsp3) is 0.227. The van der Waals surface area contributed by atoms with Gasteiger partial charge in [0, 0.05) is 11.1 Å². The normalized spacial score (nSPS) is 11.6. The molecule has 3 aromatic rings. The lowest BCUT2D eigenvalue weighted by atomic mass is 10.0. The number of phenols is 1. The molecule has 28 heavy (non-hydrogen) atoms. The molecule has 2 aromatic carbocycles. The van der Waals surface area contributed by atoms with Crippen LogP contribution in [0.15, 0.2) is 59.7 Å². The lowest BCUT2D eigenvalue weighted by Gasteiger charge is -2.05. The van der Waals surface area contributed by atoms with Gasteiger partial charge in [-0.3, -0.25) is 9.89 Å². The molecule has 0 bridgehead atoms. The SMILES string of the molecule is C/C(=N\NC(=O)c1cc(-c2ccc(CC(C)C)cc2)n[nH]1)c1cccc(O)c1. The van der Waals surface area contributed by atoms with Crippen molar-refractivity contribution in [3.8, 4) is 17.0 Å². The number of hydrogen-bond donors (Lipinski definition) is 3. The summed E-state index contributed by atoms with van der Waals surface area (Å²) in [6.45, 7) is 6.14. The van der Waals surface area contributed by atoms with Gasteiger partial charge in [0.05, 0.1) is 11.4 Å². The Labute approximate surface area is 164 Å². The van der Waals surface area contributed by atoms with Gasteiger partial charge in [-0.2, -0.15) is 10.2 Å². The van der Waals surface area contributed by atoms with Gasteiger partial charge in [0.1, 0.15) is 11.4 Å². The first kappa shape index (κ1) is 19.4. The van der Waals surface area contributed by atoms with E-state index in [1.165, 1.54) is 5.56 Å². The minimum Gasteiger partial charge on any atom is -0.508 e. The number of carbonyl (C=O) groups is 1. The first-order chi connectivity index (χ1) is 13.4. The maximum atomic E-state index is 12.3. The molecule has 0 radical (unpaired) electrons. The fourth-order valence-corrected chi connectivity index (χ4v) is 2.86. The van der Waals surface area contributed by atoms with Gasteiger partial charge in [0.2, 0.25) is 0 Å². The molecule has 3 rings (SSSR count). The number of H-pyrrole nitrogens is 1. The summed E-state index contributed by atoms with van der Waals surface area (Å²) in [5.74, 6) is 0.376. The molecular weight excluding hydrogens is 352 g/mol. The number of phenolic OH excluding ortho intramolecular Hbond substituents is 1. The third-order valence-corrected chi connectivity index (χ3v) is 4.31. The predicted molar refractivity (Wildman–Crippen MR) is 110 cm³/mol. The number of rotatable bonds is 6. The Hall–Kier alpha value is -3.41. The quantitative estimate of drug-likeness (QED) is 0.446. The summed E-state index contributed by atoms with van der Waals surface area (Å²) in [6, 6.07) is 16.6. The molecule has 1 heterocycles. The van der Waals surface area contributed by atoms with Crippen molar-refractivity contribution in [2.45, 2.75) is 27.2 Å². The van der Waals surface area contributed by atoms with Crippen LogP contribution in [-0.4, -0.2) is 26.9 Å². The van der Waals surface area contributed by atoms with Gasteiger partial charge in [0.25, 0.3) is 5.91 Å². The summed E-state index contributed by atoms with van der Waals surface area (Å²) in [5.41, 5.74) is 7.08. The number of amides is 1. The maximum Gasteiger partial charge on any atom is 0.289 e. The summed E-state index contributed by atoms with van der Waals surface area (Å²) in [7, 11) is 0. The van der Waals surface area contributed by atoms with Crippen LogP contribution in [0.2, 0.25) is 0 Å². The second kappa shape index (κ2) is 8.52. The summed E-state index contributed by atoms with van der Waals surface area (Å²) >= 11 is 0. The van der Waals surface area contributed by atoms with E-state index in [2.05, 4.69) is 46.7 Å². The minimum atomic E-state index is -0.380. The molecule has 0 saturated carbocycles. The van der Waals surface area contributed by atoms with Gasteiger partial charge in [-0.05, 0) is 43.0 Å². The average molecular weight is 376 g/mol. The van der Waals surface area contributed by atoms with Gasteiger partial charge >= 0.3 is 0 Å². The van der Waals surface area contributed by atoms with E-state index in [1.807, 2.05) is 18.2 Å². The van der Waals surface area contributed by atoms with Crippen LogP contribution in [0, 0.1) is 5.92 Å². The molecule has 1 amide bonds. The first-order valence-corrected chi connectivity index (χ1v) is 9.21. The van der Waals surface area contributed by atoms with Crippen molar-refractivity contribution < 1.29 is 9.90 Å². The van der Waals surface area contributed by atoms with Crippen LogP contribution in [0.4, 0.5) is 0 Å². The van der Waals surface area contributed by atoms with E-state index in [9.17, 15) is 9.90 Å². The Morgan fingerprint density at radius 1 is 1.18 bits per heavy atom. The molecule has 0 unspecified atom stereocenters. The average Bonchev–Trinajstić information content (AvgIpc) is 3.16. The highest BCUT2D eigenvalue weighted by Gasteiger charge is 2.11. The second-order valence-corrected chi connectivity index (χ2v) is 7.15. The number of aromatic hydroxyl groups is 1. The zero-order chi connectivity index (χ0) is 20.1. The van der Waals surface area contributed by atoms with Gasteiger partial charge in [-0.1, -0.05) is 50.2 Å². The molecule has 6 nitrogen and oxygen atoms in total. The minimum absolute atomic E-state index is 0.149. The molecule has 3 N–H and O–H groups in total. The van der Waals surface area contributed by atoms with E-state index in [1.54, 1.807) is 31.2 Å². The zero-order valence-electron chi connectivity index (χ0n) is 16.2. The highest BCUT2D eigenvalue weighted by atomic mass is 16.3. The van der Waals surface area contributed by atoms with Gasteiger partial charge in [-0.15, -0.1) is 0 Å².